The zero-order valence-electron chi connectivity index (χ0n) is 21.7. The molecule has 0 bridgehead atoms. The summed E-state index contributed by atoms with van der Waals surface area (Å²) < 4.78 is 16.0. The van der Waals surface area contributed by atoms with Crippen LogP contribution in [0.3, 0.4) is 0 Å². The number of aliphatic carboxylic acids is 1. The van der Waals surface area contributed by atoms with Crippen molar-refractivity contribution in [1.82, 2.24) is 0 Å². The van der Waals surface area contributed by atoms with Gasteiger partial charge in [0.1, 0.15) is 13.2 Å². The monoisotopic (exact) mass is 482 g/mol. The Labute approximate surface area is 203 Å². The number of carbonyl (C=O) groups is 4. The Hall–Kier alpha value is -2.64. The number of allylic oxidation sites excluding steroid dienone is 2. The molecule has 3 atom stereocenters. The number of esters is 3. The quantitative estimate of drug-likeness (QED) is 0.154. The lowest BCUT2D eigenvalue weighted by molar-refractivity contribution is -0.174. The predicted octanol–water partition coefficient (Wildman–Crippen LogP) is 4.72. The SMILES string of the molecule is C=CC(=O)OCC(COC(=O)C(C)(CC(C)(C)C)C(C)C)OC(=O)C(C)C/C=C\CCC(=O)O. The Kier molecular flexibility index (Phi) is 13.5. The van der Waals surface area contributed by atoms with Crippen molar-refractivity contribution in [3.8, 4) is 0 Å². The fraction of sp³-hybridized carbons (Fsp3) is 0.692. The summed E-state index contributed by atoms with van der Waals surface area (Å²) in [7, 11) is 0. The summed E-state index contributed by atoms with van der Waals surface area (Å²) in [4.78, 5) is 47.6. The van der Waals surface area contributed by atoms with Gasteiger partial charge in [0.25, 0.3) is 0 Å². The van der Waals surface area contributed by atoms with Crippen LogP contribution >= 0.6 is 0 Å². The molecule has 34 heavy (non-hydrogen) atoms. The molecule has 3 unspecified atom stereocenters. The molecule has 1 N–H and O–H groups in total. The highest BCUT2D eigenvalue weighted by atomic mass is 16.6. The Morgan fingerprint density at radius 1 is 0.971 bits per heavy atom. The first-order valence-electron chi connectivity index (χ1n) is 11.7. The Morgan fingerprint density at radius 3 is 2.06 bits per heavy atom. The van der Waals surface area contributed by atoms with Crippen molar-refractivity contribution in [2.45, 2.75) is 80.3 Å². The van der Waals surface area contributed by atoms with Gasteiger partial charge in [-0.15, -0.1) is 0 Å². The van der Waals surface area contributed by atoms with Crippen molar-refractivity contribution in [2.75, 3.05) is 13.2 Å². The van der Waals surface area contributed by atoms with Crippen LogP contribution in [0.1, 0.15) is 74.1 Å². The van der Waals surface area contributed by atoms with Crippen molar-refractivity contribution in [2.24, 2.45) is 22.7 Å². The van der Waals surface area contributed by atoms with Crippen LogP contribution in [0.15, 0.2) is 24.8 Å². The lowest BCUT2D eigenvalue weighted by Crippen LogP contribution is -2.40. The second-order valence-corrected chi connectivity index (χ2v) is 10.3. The number of hydrogen-bond acceptors (Lipinski definition) is 7. The van der Waals surface area contributed by atoms with Crippen LogP contribution in [0.5, 0.6) is 0 Å². The van der Waals surface area contributed by atoms with Gasteiger partial charge in [-0.05, 0) is 37.5 Å². The molecule has 0 fully saturated rings. The third kappa shape index (κ3) is 12.6. The first kappa shape index (κ1) is 31.4. The Bertz CT molecular complexity index is 732. The first-order chi connectivity index (χ1) is 15.6. The summed E-state index contributed by atoms with van der Waals surface area (Å²) in [6.07, 6.45) is 4.80. The maximum atomic E-state index is 13.0. The van der Waals surface area contributed by atoms with Gasteiger partial charge >= 0.3 is 23.9 Å². The van der Waals surface area contributed by atoms with Crippen LogP contribution in [0.2, 0.25) is 0 Å². The van der Waals surface area contributed by atoms with E-state index in [1.807, 2.05) is 20.8 Å². The maximum Gasteiger partial charge on any atom is 0.330 e. The van der Waals surface area contributed by atoms with Crippen LogP contribution in [0.25, 0.3) is 0 Å². The van der Waals surface area contributed by atoms with Crippen molar-refractivity contribution < 1.29 is 38.5 Å². The number of carbonyl (C=O) groups excluding carboxylic acids is 3. The number of ether oxygens (including phenoxy) is 3. The molecular formula is C26H42O8. The molecule has 8 heteroatoms. The van der Waals surface area contributed by atoms with Crippen molar-refractivity contribution in [1.29, 1.82) is 0 Å². The Morgan fingerprint density at radius 2 is 1.56 bits per heavy atom. The third-order valence-electron chi connectivity index (χ3n) is 5.48. The number of carboxylic acid groups (broad SMARTS) is 1. The standard InChI is InChI=1S/C26H42O8/c1-9-22(29)32-15-20(34-23(30)19(4)13-11-10-12-14-21(27)28)16-33-24(31)26(8,18(2)3)17-25(5,6)7/h9-11,18-20H,1,12-17H2,2-8H3,(H,27,28)/b11-10-. The zero-order chi connectivity index (χ0) is 26.5. The molecule has 0 saturated heterocycles. The molecule has 0 amide bonds. The highest BCUT2D eigenvalue weighted by molar-refractivity contribution is 5.81. The van der Waals surface area contributed by atoms with Gasteiger partial charge in [0.2, 0.25) is 0 Å². The average Bonchev–Trinajstić information content (AvgIpc) is 2.72. The molecule has 0 aliphatic rings. The van der Waals surface area contributed by atoms with Crippen LogP contribution < -0.4 is 0 Å². The summed E-state index contributed by atoms with van der Waals surface area (Å²) in [5, 5.41) is 8.66. The number of hydrogen-bond donors (Lipinski definition) is 1. The van der Waals surface area contributed by atoms with E-state index >= 15 is 0 Å². The summed E-state index contributed by atoms with van der Waals surface area (Å²) in [6.45, 7) is 16.4. The van der Waals surface area contributed by atoms with E-state index in [0.29, 0.717) is 19.3 Å². The lowest BCUT2D eigenvalue weighted by Gasteiger charge is -2.37. The molecule has 0 radical (unpaired) electrons. The fourth-order valence-corrected chi connectivity index (χ4v) is 3.30. The van der Waals surface area contributed by atoms with E-state index in [2.05, 4.69) is 27.4 Å². The first-order valence-corrected chi connectivity index (χ1v) is 11.7. The zero-order valence-corrected chi connectivity index (χ0v) is 21.7. The average molecular weight is 483 g/mol. The predicted molar refractivity (Wildman–Crippen MR) is 129 cm³/mol. The minimum absolute atomic E-state index is 0.0158. The van der Waals surface area contributed by atoms with E-state index in [4.69, 9.17) is 19.3 Å². The third-order valence-corrected chi connectivity index (χ3v) is 5.48. The lowest BCUT2D eigenvalue weighted by atomic mass is 9.69. The largest absolute Gasteiger partial charge is 0.481 e. The maximum absolute atomic E-state index is 13.0. The van der Waals surface area contributed by atoms with Gasteiger partial charge in [-0.25, -0.2) is 4.79 Å². The molecular weight excluding hydrogens is 440 g/mol. The smallest absolute Gasteiger partial charge is 0.330 e. The van der Waals surface area contributed by atoms with Gasteiger partial charge in [0.15, 0.2) is 6.10 Å². The molecule has 8 nitrogen and oxygen atoms in total. The molecule has 0 saturated carbocycles. The van der Waals surface area contributed by atoms with Gasteiger partial charge < -0.3 is 19.3 Å². The van der Waals surface area contributed by atoms with Crippen LogP contribution in [-0.4, -0.2) is 48.3 Å². The topological polar surface area (TPSA) is 116 Å². The van der Waals surface area contributed by atoms with E-state index in [-0.39, 0.29) is 31.0 Å². The minimum atomic E-state index is -0.968. The highest BCUT2D eigenvalue weighted by Crippen LogP contribution is 2.40. The van der Waals surface area contributed by atoms with Crippen molar-refractivity contribution >= 4 is 23.9 Å². The van der Waals surface area contributed by atoms with Crippen LogP contribution in [0, 0.1) is 22.7 Å². The molecule has 0 heterocycles. The fourth-order valence-electron chi connectivity index (χ4n) is 3.30. The highest BCUT2D eigenvalue weighted by Gasteiger charge is 2.41. The van der Waals surface area contributed by atoms with E-state index in [1.54, 1.807) is 19.1 Å². The van der Waals surface area contributed by atoms with Gasteiger partial charge in [-0.1, -0.05) is 60.3 Å². The minimum Gasteiger partial charge on any atom is -0.481 e. The summed E-state index contributed by atoms with van der Waals surface area (Å²) >= 11 is 0. The molecule has 0 aromatic carbocycles. The van der Waals surface area contributed by atoms with Gasteiger partial charge in [0, 0.05) is 12.5 Å². The molecule has 0 spiro atoms. The molecule has 0 aromatic heterocycles. The van der Waals surface area contributed by atoms with E-state index < -0.39 is 41.3 Å². The molecule has 0 rings (SSSR count). The summed E-state index contributed by atoms with van der Waals surface area (Å²) in [6, 6.07) is 0. The van der Waals surface area contributed by atoms with Crippen molar-refractivity contribution in [3.05, 3.63) is 24.8 Å². The van der Waals surface area contributed by atoms with Crippen LogP contribution in [0.4, 0.5) is 0 Å². The normalized spacial score (nSPS) is 15.3. The van der Waals surface area contributed by atoms with E-state index in [9.17, 15) is 19.2 Å². The Balaban J connectivity index is 5.17. The van der Waals surface area contributed by atoms with Gasteiger partial charge in [0.05, 0.1) is 11.3 Å². The van der Waals surface area contributed by atoms with E-state index in [0.717, 1.165) is 6.08 Å². The number of carboxylic acids is 1. The van der Waals surface area contributed by atoms with Crippen molar-refractivity contribution in [3.63, 3.8) is 0 Å². The van der Waals surface area contributed by atoms with Gasteiger partial charge in [-0.2, -0.15) is 0 Å². The van der Waals surface area contributed by atoms with Gasteiger partial charge in [-0.3, -0.25) is 14.4 Å². The molecule has 0 aliphatic heterocycles. The molecule has 194 valence electrons. The summed E-state index contributed by atoms with van der Waals surface area (Å²) in [5.74, 6) is -3.01. The molecule has 0 aromatic rings. The number of rotatable bonds is 15. The second-order valence-electron chi connectivity index (χ2n) is 10.3. The van der Waals surface area contributed by atoms with E-state index in [1.165, 1.54) is 0 Å². The second kappa shape index (κ2) is 14.6. The van der Waals surface area contributed by atoms with Crippen LogP contribution in [-0.2, 0) is 33.4 Å². The molecule has 0 aliphatic carbocycles. The summed E-state index contributed by atoms with van der Waals surface area (Å²) in [5.41, 5.74) is -0.838.